The van der Waals surface area contributed by atoms with Crippen molar-refractivity contribution in [1.82, 2.24) is 15.1 Å². The van der Waals surface area contributed by atoms with Crippen LogP contribution in [0.2, 0.25) is 0 Å². The van der Waals surface area contributed by atoms with Crippen LogP contribution in [0, 0.1) is 0 Å². The minimum atomic E-state index is -1.12. The molecule has 1 aliphatic carbocycles. The normalized spacial score (nSPS) is 22.5. The lowest BCUT2D eigenvalue weighted by Crippen LogP contribution is -2.60. The third-order valence-electron chi connectivity index (χ3n) is 8.12. The summed E-state index contributed by atoms with van der Waals surface area (Å²) in [6.07, 6.45) is -0.631. The summed E-state index contributed by atoms with van der Waals surface area (Å²) < 4.78 is 11.3. The summed E-state index contributed by atoms with van der Waals surface area (Å²) in [5, 5.41) is 33.3. The number of rotatable bonds is 9. The van der Waals surface area contributed by atoms with Crippen molar-refractivity contribution >= 4 is 17.9 Å². The second-order valence-electron chi connectivity index (χ2n) is 11.0. The lowest BCUT2D eigenvalue weighted by atomic mass is 9.91. The largest absolute Gasteiger partial charge is 0.493 e. The molecule has 2 fully saturated rings. The Bertz CT molecular complexity index is 1250. The molecule has 41 heavy (non-hydrogen) atoms. The maximum atomic E-state index is 13.5. The van der Waals surface area contributed by atoms with Gasteiger partial charge in [0, 0.05) is 18.2 Å². The van der Waals surface area contributed by atoms with Gasteiger partial charge in [-0.15, -0.1) is 0 Å². The molecule has 5 rings (SSSR count). The quantitative estimate of drug-likeness (QED) is 0.358. The number of carbonyl (C=O) groups excluding carboxylic acids is 2. The molecule has 0 spiro atoms. The lowest BCUT2D eigenvalue weighted by Gasteiger charge is -2.47. The number of carbonyl (C=O) groups is 3. The van der Waals surface area contributed by atoms with Crippen LogP contribution in [0.15, 0.2) is 42.5 Å². The van der Waals surface area contributed by atoms with Crippen LogP contribution in [0.1, 0.15) is 51.6 Å². The van der Waals surface area contributed by atoms with Gasteiger partial charge in [0.25, 0.3) is 11.8 Å². The van der Waals surface area contributed by atoms with Crippen LogP contribution in [0.4, 0.5) is 4.79 Å². The fourth-order valence-corrected chi connectivity index (χ4v) is 6.22. The molecule has 11 heteroatoms. The van der Waals surface area contributed by atoms with Crippen LogP contribution in [0.3, 0.4) is 0 Å². The summed E-state index contributed by atoms with van der Waals surface area (Å²) in [5.74, 6) is -0.478. The van der Waals surface area contributed by atoms with E-state index in [-0.39, 0.29) is 55.0 Å². The van der Waals surface area contributed by atoms with Gasteiger partial charge in [-0.05, 0) is 61.9 Å². The predicted molar refractivity (Wildman–Crippen MR) is 148 cm³/mol. The third kappa shape index (κ3) is 6.32. The van der Waals surface area contributed by atoms with Crippen molar-refractivity contribution in [3.05, 3.63) is 64.7 Å². The highest BCUT2D eigenvalue weighted by atomic mass is 16.5. The fourth-order valence-electron chi connectivity index (χ4n) is 6.22. The maximum Gasteiger partial charge on any atom is 0.407 e. The Kier molecular flexibility index (Phi) is 8.77. The monoisotopic (exact) mass is 567 g/mol. The Hall–Kier alpha value is -3.67. The highest BCUT2D eigenvalue weighted by molar-refractivity contribution is 6.00. The molecule has 0 saturated carbocycles. The number of morpholine rings is 1. The van der Waals surface area contributed by atoms with Crippen LogP contribution >= 0.6 is 0 Å². The summed E-state index contributed by atoms with van der Waals surface area (Å²) in [6, 6.07) is 11.7. The molecule has 2 heterocycles. The average molecular weight is 568 g/mol. The van der Waals surface area contributed by atoms with E-state index in [1.807, 2.05) is 24.3 Å². The van der Waals surface area contributed by atoms with E-state index in [2.05, 4.69) is 5.32 Å². The Morgan fingerprint density at radius 2 is 1.76 bits per heavy atom. The zero-order chi connectivity index (χ0) is 29.1. The Morgan fingerprint density at radius 3 is 2.37 bits per heavy atom. The van der Waals surface area contributed by atoms with Gasteiger partial charge in [0.2, 0.25) is 0 Å². The lowest BCUT2D eigenvalue weighted by molar-refractivity contribution is -0.0871. The van der Waals surface area contributed by atoms with Crippen molar-refractivity contribution in [3.8, 4) is 5.75 Å². The summed E-state index contributed by atoms with van der Waals surface area (Å²) in [7, 11) is 0. The van der Waals surface area contributed by atoms with Gasteiger partial charge in [-0.2, -0.15) is 0 Å². The highest BCUT2D eigenvalue weighted by Crippen LogP contribution is 2.31. The first-order valence-corrected chi connectivity index (χ1v) is 14.1. The number of ether oxygens (including phenoxy) is 2. The Morgan fingerprint density at radius 1 is 1.10 bits per heavy atom. The van der Waals surface area contributed by atoms with E-state index >= 15 is 0 Å². The number of amides is 3. The van der Waals surface area contributed by atoms with Crippen molar-refractivity contribution in [1.29, 1.82) is 0 Å². The molecule has 11 nitrogen and oxygen atoms in total. The van der Waals surface area contributed by atoms with E-state index in [1.165, 1.54) is 11.0 Å². The van der Waals surface area contributed by atoms with Crippen LogP contribution in [0.5, 0.6) is 5.75 Å². The van der Waals surface area contributed by atoms with Gasteiger partial charge in [-0.1, -0.05) is 24.3 Å². The molecule has 3 atom stereocenters. The second kappa shape index (κ2) is 12.5. The Balaban J connectivity index is 1.22. The summed E-state index contributed by atoms with van der Waals surface area (Å²) in [6.45, 7) is 2.48. The van der Waals surface area contributed by atoms with Gasteiger partial charge in [-0.3, -0.25) is 9.59 Å². The molecular weight excluding hydrogens is 530 g/mol. The number of hydrogen-bond donors (Lipinski definition) is 4. The van der Waals surface area contributed by atoms with Gasteiger partial charge in [-0.25, -0.2) is 4.79 Å². The van der Waals surface area contributed by atoms with E-state index < -0.39 is 24.2 Å². The molecule has 3 unspecified atom stereocenters. The second-order valence-corrected chi connectivity index (χ2v) is 11.0. The predicted octanol–water partition coefficient (Wildman–Crippen LogP) is 1.69. The molecule has 4 N–H and O–H groups in total. The van der Waals surface area contributed by atoms with Gasteiger partial charge in [0.1, 0.15) is 5.75 Å². The van der Waals surface area contributed by atoms with Crippen molar-refractivity contribution < 1.29 is 39.2 Å². The number of nitrogens with zero attached hydrogens (tertiary/aromatic N) is 2. The zero-order valence-electron chi connectivity index (χ0n) is 23.1. The first-order valence-electron chi connectivity index (χ1n) is 14.1. The number of aliphatic hydroxyl groups is 2. The number of hydrogen-bond acceptors (Lipinski definition) is 7. The molecular formula is C30H37N3O8. The average Bonchev–Trinajstić information content (AvgIpc) is 3.37. The van der Waals surface area contributed by atoms with E-state index in [4.69, 9.17) is 9.47 Å². The number of benzene rings is 2. The van der Waals surface area contributed by atoms with Crippen molar-refractivity contribution in [2.75, 3.05) is 32.9 Å². The summed E-state index contributed by atoms with van der Waals surface area (Å²) >= 11 is 0. The van der Waals surface area contributed by atoms with Crippen molar-refractivity contribution in [3.63, 3.8) is 0 Å². The summed E-state index contributed by atoms with van der Waals surface area (Å²) in [4.78, 5) is 41.5. The third-order valence-corrected chi connectivity index (χ3v) is 8.12. The molecule has 220 valence electrons. The SMILES string of the molecule is CCOc1cc(C(=O)N2C3COCC2CC(O)C3)ccc1C(=O)NCC(O)CN(C(=O)O)C1Cc2ccccc2C1. The molecule has 3 amide bonds. The molecule has 3 aliphatic rings. The van der Waals surface area contributed by atoms with E-state index in [1.54, 1.807) is 24.0 Å². The molecule has 2 aliphatic heterocycles. The standard InChI is InChI=1S/C30H37N3O8/c1-2-41-27-11-20(29(37)33-22-12-24(34)13-23(33)17-40-16-22)7-8-26(27)28(36)31-14-25(35)15-32(30(38)39)21-9-18-5-3-4-6-19(18)10-21/h3-8,11,21-25,34-35H,2,9-10,12-17H2,1H3,(H,31,36)(H,38,39). The van der Waals surface area contributed by atoms with Crippen LogP contribution in [0.25, 0.3) is 0 Å². The molecule has 2 bridgehead atoms. The number of fused-ring (bicyclic) bond motifs is 3. The van der Waals surface area contributed by atoms with Crippen LogP contribution in [-0.4, -0.2) is 106 Å². The molecule has 0 aromatic heterocycles. The highest BCUT2D eigenvalue weighted by Gasteiger charge is 2.41. The van der Waals surface area contributed by atoms with Gasteiger partial charge < -0.3 is 39.9 Å². The van der Waals surface area contributed by atoms with Crippen molar-refractivity contribution in [2.24, 2.45) is 0 Å². The zero-order valence-corrected chi connectivity index (χ0v) is 23.1. The number of nitrogens with one attached hydrogen (secondary N) is 1. The van der Waals surface area contributed by atoms with Crippen molar-refractivity contribution in [2.45, 2.75) is 62.9 Å². The van der Waals surface area contributed by atoms with Gasteiger partial charge in [0.05, 0.1) is 56.2 Å². The first-order chi connectivity index (χ1) is 19.7. The minimum absolute atomic E-state index is 0.142. The number of aliphatic hydroxyl groups excluding tert-OH is 2. The fraction of sp³-hybridized carbons (Fsp3) is 0.500. The molecule has 2 saturated heterocycles. The van der Waals surface area contributed by atoms with E-state index in [0.717, 1.165) is 11.1 Å². The summed E-state index contributed by atoms with van der Waals surface area (Å²) in [5.41, 5.74) is 2.78. The molecule has 0 radical (unpaired) electrons. The van der Waals surface area contributed by atoms with Gasteiger partial charge >= 0.3 is 6.09 Å². The molecule has 2 aromatic rings. The smallest absolute Gasteiger partial charge is 0.407 e. The molecule has 2 aromatic carbocycles. The number of piperidine rings is 1. The van der Waals surface area contributed by atoms with E-state index in [0.29, 0.717) is 44.5 Å². The van der Waals surface area contributed by atoms with Gasteiger partial charge in [0.15, 0.2) is 0 Å². The number of carboxylic acid groups (broad SMARTS) is 1. The van der Waals surface area contributed by atoms with E-state index in [9.17, 15) is 29.7 Å². The first kappa shape index (κ1) is 28.8. The van der Waals surface area contributed by atoms with Crippen LogP contribution < -0.4 is 10.1 Å². The Labute approximate surface area is 238 Å². The topological polar surface area (TPSA) is 149 Å². The minimum Gasteiger partial charge on any atom is -0.493 e. The van der Waals surface area contributed by atoms with Crippen LogP contribution in [-0.2, 0) is 17.6 Å². The maximum absolute atomic E-state index is 13.5.